The molecule has 1 atom stereocenters. The maximum absolute atomic E-state index is 13.5. The Morgan fingerprint density at radius 3 is 2.37 bits per heavy atom. The molecular formula is C24H29ClN4O. The van der Waals surface area contributed by atoms with Gasteiger partial charge in [-0.2, -0.15) is 5.10 Å². The van der Waals surface area contributed by atoms with Crippen LogP contribution < -0.4 is 5.73 Å². The molecule has 158 valence electrons. The SMILES string of the molecule is CC1(C)CN(C(=O)c2cn(Cc3ccccc3)nc2-c2ccccc2)CCC1N.Cl. The summed E-state index contributed by atoms with van der Waals surface area (Å²) in [5.74, 6) is 0.0307. The molecular weight excluding hydrogens is 396 g/mol. The fraction of sp³-hybridized carbons (Fsp3) is 0.333. The largest absolute Gasteiger partial charge is 0.338 e. The maximum atomic E-state index is 13.5. The van der Waals surface area contributed by atoms with Gasteiger partial charge in [-0.3, -0.25) is 9.48 Å². The third-order valence-corrected chi connectivity index (χ3v) is 5.83. The lowest BCUT2D eigenvalue weighted by Gasteiger charge is -2.42. The lowest BCUT2D eigenvalue weighted by molar-refractivity contribution is 0.0533. The second-order valence-electron chi connectivity index (χ2n) is 8.55. The zero-order valence-corrected chi connectivity index (χ0v) is 18.3. The van der Waals surface area contributed by atoms with Crippen LogP contribution in [0.15, 0.2) is 66.9 Å². The van der Waals surface area contributed by atoms with Gasteiger partial charge in [0.25, 0.3) is 5.91 Å². The van der Waals surface area contributed by atoms with E-state index >= 15 is 0 Å². The normalized spacial score (nSPS) is 18.0. The molecule has 6 heteroatoms. The van der Waals surface area contributed by atoms with E-state index in [1.165, 1.54) is 0 Å². The monoisotopic (exact) mass is 424 g/mol. The molecule has 0 saturated carbocycles. The smallest absolute Gasteiger partial charge is 0.257 e. The number of carbonyl (C=O) groups excluding carboxylic acids is 1. The van der Waals surface area contributed by atoms with Crippen molar-refractivity contribution in [3.05, 3.63) is 78.0 Å². The number of carbonyl (C=O) groups is 1. The van der Waals surface area contributed by atoms with Gasteiger partial charge in [0.05, 0.1) is 12.1 Å². The number of amides is 1. The van der Waals surface area contributed by atoms with Crippen LogP contribution in [0.5, 0.6) is 0 Å². The molecule has 1 aromatic heterocycles. The lowest BCUT2D eigenvalue weighted by Crippen LogP contribution is -2.54. The fourth-order valence-electron chi connectivity index (χ4n) is 3.96. The second kappa shape index (κ2) is 9.02. The lowest BCUT2D eigenvalue weighted by atomic mass is 9.79. The van der Waals surface area contributed by atoms with Crippen molar-refractivity contribution >= 4 is 18.3 Å². The highest BCUT2D eigenvalue weighted by atomic mass is 35.5. The van der Waals surface area contributed by atoms with Gasteiger partial charge in [-0.05, 0) is 17.4 Å². The first-order chi connectivity index (χ1) is 13.9. The summed E-state index contributed by atoms with van der Waals surface area (Å²) in [6.45, 7) is 6.24. The van der Waals surface area contributed by atoms with Crippen molar-refractivity contribution in [3.63, 3.8) is 0 Å². The topological polar surface area (TPSA) is 64.2 Å². The van der Waals surface area contributed by atoms with Crippen LogP contribution in [0.3, 0.4) is 0 Å². The zero-order valence-electron chi connectivity index (χ0n) is 17.5. The number of likely N-dealkylation sites (tertiary alicyclic amines) is 1. The van der Waals surface area contributed by atoms with Crippen molar-refractivity contribution in [1.82, 2.24) is 14.7 Å². The van der Waals surface area contributed by atoms with Crippen LogP contribution >= 0.6 is 12.4 Å². The van der Waals surface area contributed by atoms with Crippen molar-refractivity contribution in [1.29, 1.82) is 0 Å². The number of nitrogens with two attached hydrogens (primary N) is 1. The van der Waals surface area contributed by atoms with Crippen LogP contribution in [0.25, 0.3) is 11.3 Å². The van der Waals surface area contributed by atoms with Crippen LogP contribution in [0.2, 0.25) is 0 Å². The highest BCUT2D eigenvalue weighted by Crippen LogP contribution is 2.30. The second-order valence-corrected chi connectivity index (χ2v) is 8.55. The van der Waals surface area contributed by atoms with Gasteiger partial charge in [-0.15, -0.1) is 12.4 Å². The number of hydrogen-bond donors (Lipinski definition) is 1. The van der Waals surface area contributed by atoms with Gasteiger partial charge in [0.2, 0.25) is 0 Å². The molecule has 1 saturated heterocycles. The molecule has 1 amide bonds. The summed E-state index contributed by atoms with van der Waals surface area (Å²) in [5.41, 5.74) is 9.67. The molecule has 3 aromatic rings. The Bertz CT molecular complexity index is 985. The quantitative estimate of drug-likeness (QED) is 0.681. The summed E-state index contributed by atoms with van der Waals surface area (Å²) in [5, 5.41) is 4.79. The Hall–Kier alpha value is -2.63. The van der Waals surface area contributed by atoms with E-state index in [4.69, 9.17) is 10.8 Å². The number of rotatable bonds is 4. The summed E-state index contributed by atoms with van der Waals surface area (Å²) >= 11 is 0. The summed E-state index contributed by atoms with van der Waals surface area (Å²) in [6, 6.07) is 20.2. The number of piperidine rings is 1. The van der Waals surface area contributed by atoms with E-state index < -0.39 is 0 Å². The highest BCUT2D eigenvalue weighted by Gasteiger charge is 2.36. The molecule has 2 N–H and O–H groups in total. The maximum Gasteiger partial charge on any atom is 0.257 e. The van der Waals surface area contributed by atoms with Gasteiger partial charge in [0.1, 0.15) is 5.69 Å². The van der Waals surface area contributed by atoms with Crippen LogP contribution in [-0.4, -0.2) is 39.7 Å². The van der Waals surface area contributed by atoms with Gasteiger partial charge in [-0.25, -0.2) is 0 Å². The number of halogens is 1. The summed E-state index contributed by atoms with van der Waals surface area (Å²) in [4.78, 5) is 15.4. The molecule has 2 heterocycles. The van der Waals surface area contributed by atoms with Crippen molar-refractivity contribution < 1.29 is 4.79 Å². The molecule has 1 unspecified atom stereocenters. The van der Waals surface area contributed by atoms with E-state index in [-0.39, 0.29) is 29.8 Å². The van der Waals surface area contributed by atoms with Gasteiger partial charge in [-0.1, -0.05) is 74.5 Å². The number of hydrogen-bond acceptors (Lipinski definition) is 3. The average molecular weight is 425 g/mol. The van der Waals surface area contributed by atoms with Crippen molar-refractivity contribution in [3.8, 4) is 11.3 Å². The van der Waals surface area contributed by atoms with Crippen LogP contribution in [-0.2, 0) is 6.54 Å². The van der Waals surface area contributed by atoms with Gasteiger partial charge < -0.3 is 10.6 Å². The number of nitrogens with zero attached hydrogens (tertiary/aromatic N) is 3. The number of aromatic nitrogens is 2. The van der Waals surface area contributed by atoms with Crippen LogP contribution in [0.4, 0.5) is 0 Å². The molecule has 0 bridgehead atoms. The molecule has 0 radical (unpaired) electrons. The molecule has 5 nitrogen and oxygen atoms in total. The zero-order chi connectivity index (χ0) is 20.4. The Kier molecular flexibility index (Phi) is 6.64. The first-order valence-corrected chi connectivity index (χ1v) is 10.2. The Balaban J connectivity index is 0.00000256. The molecule has 0 spiro atoms. The highest BCUT2D eigenvalue weighted by molar-refractivity contribution is 6.00. The summed E-state index contributed by atoms with van der Waals surface area (Å²) in [7, 11) is 0. The minimum atomic E-state index is -0.0964. The van der Waals surface area contributed by atoms with Crippen molar-refractivity contribution in [2.45, 2.75) is 32.9 Å². The molecule has 30 heavy (non-hydrogen) atoms. The third kappa shape index (κ3) is 4.58. The number of benzene rings is 2. The Labute approximate surface area is 184 Å². The summed E-state index contributed by atoms with van der Waals surface area (Å²) in [6.07, 6.45) is 2.71. The molecule has 4 rings (SSSR count). The van der Waals surface area contributed by atoms with Crippen molar-refractivity contribution in [2.75, 3.05) is 13.1 Å². The minimum absolute atomic E-state index is 0. The average Bonchev–Trinajstić information content (AvgIpc) is 3.14. The van der Waals surface area contributed by atoms with E-state index in [2.05, 4.69) is 26.0 Å². The van der Waals surface area contributed by atoms with E-state index in [0.29, 0.717) is 25.2 Å². The molecule has 1 aliphatic rings. The Morgan fingerprint density at radius 1 is 1.10 bits per heavy atom. The first kappa shape index (κ1) is 22.1. The van der Waals surface area contributed by atoms with Crippen LogP contribution in [0, 0.1) is 5.41 Å². The van der Waals surface area contributed by atoms with Crippen molar-refractivity contribution in [2.24, 2.45) is 11.1 Å². The molecule has 1 fully saturated rings. The van der Waals surface area contributed by atoms with Gasteiger partial charge in [0.15, 0.2) is 0 Å². The van der Waals surface area contributed by atoms with Gasteiger partial charge in [0, 0.05) is 30.9 Å². The molecule has 0 aliphatic carbocycles. The van der Waals surface area contributed by atoms with E-state index in [1.54, 1.807) is 0 Å². The molecule has 2 aromatic carbocycles. The molecule has 1 aliphatic heterocycles. The van der Waals surface area contributed by atoms with Gasteiger partial charge >= 0.3 is 0 Å². The third-order valence-electron chi connectivity index (χ3n) is 5.83. The fourth-order valence-corrected chi connectivity index (χ4v) is 3.96. The first-order valence-electron chi connectivity index (χ1n) is 10.2. The predicted octanol–water partition coefficient (Wildman–Crippen LogP) is 4.22. The van der Waals surface area contributed by atoms with E-state index in [9.17, 15) is 4.79 Å². The Morgan fingerprint density at radius 2 is 1.73 bits per heavy atom. The minimum Gasteiger partial charge on any atom is -0.338 e. The summed E-state index contributed by atoms with van der Waals surface area (Å²) < 4.78 is 1.87. The standard InChI is InChI=1S/C24H28N4O.ClH/c1-24(2)17-27(14-13-21(24)25)23(29)20-16-28(15-18-9-5-3-6-10-18)26-22(20)19-11-7-4-8-12-19;/h3-12,16,21H,13-15,17,25H2,1-2H3;1H. The van der Waals surface area contributed by atoms with E-state index in [0.717, 1.165) is 23.2 Å². The van der Waals surface area contributed by atoms with E-state index in [1.807, 2.05) is 64.3 Å². The van der Waals surface area contributed by atoms with Crippen LogP contribution in [0.1, 0.15) is 36.2 Å². The predicted molar refractivity (Wildman–Crippen MR) is 123 cm³/mol.